The monoisotopic (exact) mass is 315 g/mol. The van der Waals surface area contributed by atoms with Gasteiger partial charge in [0.25, 0.3) is 0 Å². The largest absolute Gasteiger partial charge is 0.197 e. The summed E-state index contributed by atoms with van der Waals surface area (Å²) in [5.74, 6) is 0.890. The second-order valence-corrected chi connectivity index (χ2v) is 7.50. The van der Waals surface area contributed by atoms with Crippen LogP contribution in [0.25, 0.3) is 11.1 Å². The Morgan fingerprint density at radius 1 is 0.875 bits per heavy atom. The minimum Gasteiger partial charge on any atom is -0.197 e. The fourth-order valence-electron chi connectivity index (χ4n) is 4.90. The van der Waals surface area contributed by atoms with Crippen LogP contribution >= 0.6 is 0 Å². The van der Waals surface area contributed by atoms with E-state index in [-0.39, 0.29) is 0 Å². The van der Waals surface area contributed by atoms with Crippen LogP contribution in [0.2, 0.25) is 0 Å². The maximum Gasteiger partial charge on any atom is 0.108 e. The van der Waals surface area contributed by atoms with Crippen LogP contribution in [0.3, 0.4) is 0 Å². The number of benzene rings is 2. The molecule has 2 aromatic carbocycles. The van der Waals surface area contributed by atoms with Crippen molar-refractivity contribution in [2.24, 2.45) is 5.92 Å². The molecule has 2 aliphatic carbocycles. The average Bonchev–Trinajstić information content (AvgIpc) is 2.94. The summed E-state index contributed by atoms with van der Waals surface area (Å²) in [4.78, 5) is 0. The summed E-state index contributed by atoms with van der Waals surface area (Å²) < 4.78 is 0. The Kier molecular flexibility index (Phi) is 4.15. The zero-order valence-electron chi connectivity index (χ0n) is 14.3. The third-order valence-electron chi connectivity index (χ3n) is 6.14. The molecule has 1 fully saturated rings. The molecule has 0 aromatic heterocycles. The molecule has 2 aliphatic rings. The molecule has 0 bridgehead atoms. The summed E-state index contributed by atoms with van der Waals surface area (Å²) >= 11 is 0. The van der Waals surface area contributed by atoms with Gasteiger partial charge in [0.2, 0.25) is 0 Å². The number of nitriles is 1. The molecule has 2 aromatic rings. The summed E-state index contributed by atoms with van der Waals surface area (Å²) in [5.41, 5.74) is 4.51. The highest BCUT2D eigenvalue weighted by Gasteiger charge is 2.42. The molecule has 0 radical (unpaired) electrons. The van der Waals surface area contributed by atoms with Crippen LogP contribution in [-0.4, -0.2) is 0 Å². The summed E-state index contributed by atoms with van der Waals surface area (Å²) in [6.07, 6.45) is 10.4. The predicted molar refractivity (Wildman–Crippen MR) is 98.7 cm³/mol. The van der Waals surface area contributed by atoms with Crippen LogP contribution < -0.4 is 0 Å². The van der Waals surface area contributed by atoms with Crippen LogP contribution in [0.4, 0.5) is 0 Å². The van der Waals surface area contributed by atoms with Crippen LogP contribution in [0.1, 0.15) is 62.5 Å². The van der Waals surface area contributed by atoms with E-state index >= 15 is 0 Å². The van der Waals surface area contributed by atoms with Crippen LogP contribution in [0.15, 0.2) is 48.5 Å². The van der Waals surface area contributed by atoms with Gasteiger partial charge in [-0.3, -0.25) is 0 Å². The zero-order valence-corrected chi connectivity index (χ0v) is 14.3. The van der Waals surface area contributed by atoms with Gasteiger partial charge in [-0.15, -0.1) is 0 Å². The lowest BCUT2D eigenvalue weighted by atomic mass is 9.74. The Balaban J connectivity index is 1.62. The maximum absolute atomic E-state index is 10.2. The summed E-state index contributed by atoms with van der Waals surface area (Å²) in [5, 5.41) is 10.2. The smallest absolute Gasteiger partial charge is 0.108 e. The van der Waals surface area contributed by atoms with Crippen molar-refractivity contribution in [2.45, 2.75) is 56.8 Å². The lowest BCUT2D eigenvalue weighted by Crippen LogP contribution is -2.23. The van der Waals surface area contributed by atoms with E-state index in [1.807, 2.05) is 0 Å². The second kappa shape index (κ2) is 6.44. The Morgan fingerprint density at radius 3 is 2.04 bits per heavy atom. The van der Waals surface area contributed by atoms with E-state index in [0.29, 0.717) is 0 Å². The van der Waals surface area contributed by atoms with Crippen LogP contribution in [-0.2, 0) is 5.41 Å². The van der Waals surface area contributed by atoms with Crippen LogP contribution in [0.5, 0.6) is 0 Å². The fourth-order valence-corrected chi connectivity index (χ4v) is 4.90. The van der Waals surface area contributed by atoms with Gasteiger partial charge in [-0.1, -0.05) is 93.5 Å². The quantitative estimate of drug-likeness (QED) is 0.656. The first-order valence-corrected chi connectivity index (χ1v) is 9.46. The maximum atomic E-state index is 10.2. The minimum absolute atomic E-state index is 0.443. The molecule has 4 rings (SSSR count). The molecule has 0 aliphatic heterocycles. The molecule has 0 unspecified atom stereocenters. The van der Waals surface area contributed by atoms with Gasteiger partial charge < -0.3 is 0 Å². The predicted octanol–water partition coefficient (Wildman–Crippen LogP) is 6.23. The SMILES string of the molecule is N#CC1(CCCC2CCCCC2)c2ccccc2-c2ccccc21. The van der Waals surface area contributed by atoms with E-state index in [9.17, 15) is 5.26 Å². The van der Waals surface area contributed by atoms with Crippen molar-refractivity contribution in [2.75, 3.05) is 0 Å². The first kappa shape index (κ1) is 15.5. The molecule has 122 valence electrons. The minimum atomic E-state index is -0.443. The lowest BCUT2D eigenvalue weighted by molar-refractivity contribution is 0.324. The molecule has 0 saturated heterocycles. The molecule has 0 N–H and O–H groups in total. The van der Waals surface area contributed by atoms with E-state index in [1.54, 1.807) is 0 Å². The summed E-state index contributed by atoms with van der Waals surface area (Å²) in [6.45, 7) is 0. The van der Waals surface area contributed by atoms with Gasteiger partial charge in [0.1, 0.15) is 5.41 Å². The Hall–Kier alpha value is -2.07. The average molecular weight is 315 g/mol. The van der Waals surface area contributed by atoms with Crippen molar-refractivity contribution in [1.82, 2.24) is 0 Å². The van der Waals surface area contributed by atoms with Gasteiger partial charge in [-0.2, -0.15) is 5.26 Å². The standard InChI is InChI=1S/C23H25N/c24-17-23(16-8-11-18-9-2-1-3-10-18)21-14-6-4-12-19(21)20-13-5-7-15-22(20)23/h4-7,12-15,18H,1-3,8-11,16H2. The van der Waals surface area contributed by atoms with Gasteiger partial charge in [-0.05, 0) is 34.6 Å². The highest BCUT2D eigenvalue weighted by atomic mass is 14.5. The van der Waals surface area contributed by atoms with E-state index < -0.39 is 5.41 Å². The molecule has 1 saturated carbocycles. The second-order valence-electron chi connectivity index (χ2n) is 7.50. The fraction of sp³-hybridized carbons (Fsp3) is 0.435. The highest BCUT2D eigenvalue weighted by Crippen LogP contribution is 2.51. The first-order valence-electron chi connectivity index (χ1n) is 9.46. The molecular weight excluding hydrogens is 290 g/mol. The van der Waals surface area contributed by atoms with E-state index in [2.05, 4.69) is 54.6 Å². The van der Waals surface area contributed by atoms with Crippen LogP contribution in [0, 0.1) is 17.2 Å². The van der Waals surface area contributed by atoms with Gasteiger partial charge in [0.05, 0.1) is 6.07 Å². The molecule has 24 heavy (non-hydrogen) atoms. The molecular formula is C23H25N. The van der Waals surface area contributed by atoms with Crippen molar-refractivity contribution in [1.29, 1.82) is 5.26 Å². The zero-order chi connectivity index (χ0) is 16.4. The topological polar surface area (TPSA) is 23.8 Å². The number of fused-ring (bicyclic) bond motifs is 3. The van der Waals surface area contributed by atoms with Crippen molar-refractivity contribution >= 4 is 0 Å². The van der Waals surface area contributed by atoms with Crippen molar-refractivity contribution in [3.05, 3.63) is 59.7 Å². The number of hydrogen-bond acceptors (Lipinski definition) is 1. The molecule has 0 atom stereocenters. The number of hydrogen-bond donors (Lipinski definition) is 0. The first-order chi connectivity index (χ1) is 11.8. The van der Waals surface area contributed by atoms with Crippen molar-refractivity contribution in [3.8, 4) is 17.2 Å². The van der Waals surface area contributed by atoms with Gasteiger partial charge in [0.15, 0.2) is 0 Å². The van der Waals surface area contributed by atoms with E-state index in [1.165, 1.54) is 60.8 Å². The number of nitrogens with zero attached hydrogens (tertiary/aromatic N) is 1. The van der Waals surface area contributed by atoms with Gasteiger partial charge in [0, 0.05) is 0 Å². The van der Waals surface area contributed by atoms with Gasteiger partial charge >= 0.3 is 0 Å². The molecule has 0 spiro atoms. The molecule has 0 amide bonds. The highest BCUT2D eigenvalue weighted by molar-refractivity contribution is 5.82. The van der Waals surface area contributed by atoms with E-state index in [0.717, 1.165) is 18.8 Å². The Bertz CT molecular complexity index is 716. The molecule has 1 heteroatoms. The summed E-state index contributed by atoms with van der Waals surface area (Å²) in [6, 6.07) is 19.7. The van der Waals surface area contributed by atoms with Gasteiger partial charge in [-0.25, -0.2) is 0 Å². The van der Waals surface area contributed by atoms with Crippen molar-refractivity contribution < 1.29 is 0 Å². The Labute approximate surface area is 145 Å². The normalized spacial score (nSPS) is 18.6. The summed E-state index contributed by atoms with van der Waals surface area (Å²) in [7, 11) is 0. The molecule has 0 heterocycles. The van der Waals surface area contributed by atoms with Crippen molar-refractivity contribution in [3.63, 3.8) is 0 Å². The van der Waals surface area contributed by atoms with E-state index in [4.69, 9.17) is 0 Å². The third-order valence-corrected chi connectivity index (χ3v) is 6.14. The Morgan fingerprint density at radius 2 is 1.46 bits per heavy atom. The molecule has 1 nitrogen and oxygen atoms in total. The lowest BCUT2D eigenvalue weighted by Gasteiger charge is -2.26. The third kappa shape index (κ3) is 2.46. The number of rotatable bonds is 4.